The van der Waals surface area contributed by atoms with Crippen molar-refractivity contribution in [3.8, 4) is 0 Å². The van der Waals surface area contributed by atoms with Crippen molar-refractivity contribution < 1.29 is 23.5 Å². The number of carbonyl (C=O) groups is 3. The summed E-state index contributed by atoms with van der Waals surface area (Å²) >= 11 is 0. The Morgan fingerprint density at radius 2 is 1.94 bits per heavy atom. The summed E-state index contributed by atoms with van der Waals surface area (Å²) in [4.78, 5) is 41.1. The van der Waals surface area contributed by atoms with Gasteiger partial charge in [0.05, 0.1) is 31.0 Å². The molecule has 1 aromatic carbocycles. The van der Waals surface area contributed by atoms with Gasteiger partial charge in [0.1, 0.15) is 11.9 Å². The Labute approximate surface area is 191 Å². The minimum atomic E-state index is -0.571. The molecule has 4 rings (SSSR count). The number of hydrogen-bond donors (Lipinski definition) is 3. The quantitative estimate of drug-likeness (QED) is 0.574. The van der Waals surface area contributed by atoms with Gasteiger partial charge in [-0.1, -0.05) is 0 Å². The highest BCUT2D eigenvalue weighted by Gasteiger charge is 2.33. The molecule has 0 unspecified atom stereocenters. The number of benzene rings is 1. The van der Waals surface area contributed by atoms with Crippen molar-refractivity contribution in [3.63, 3.8) is 0 Å². The average Bonchev–Trinajstić information content (AvgIpc) is 3.02. The van der Waals surface area contributed by atoms with Crippen LogP contribution in [-0.2, 0) is 9.53 Å². The third kappa shape index (κ3) is 5.45. The molecule has 1 aromatic rings. The van der Waals surface area contributed by atoms with Gasteiger partial charge < -0.3 is 25.2 Å². The number of hydrazine groups is 1. The lowest BCUT2D eigenvalue weighted by atomic mass is 10.2. The molecule has 0 saturated carbocycles. The fourth-order valence-electron chi connectivity index (χ4n) is 4.18. The molecule has 180 valence electrons. The van der Waals surface area contributed by atoms with Gasteiger partial charge in [-0.15, -0.1) is 0 Å². The number of piperazine rings is 1. The van der Waals surface area contributed by atoms with E-state index < -0.39 is 18.0 Å². The van der Waals surface area contributed by atoms with E-state index in [1.54, 1.807) is 17.1 Å². The van der Waals surface area contributed by atoms with Crippen molar-refractivity contribution in [2.75, 3.05) is 75.2 Å². The average molecular weight is 464 g/mol. The molecule has 3 aliphatic rings. The van der Waals surface area contributed by atoms with E-state index in [1.165, 1.54) is 17.9 Å². The number of halogens is 1. The molecule has 33 heavy (non-hydrogen) atoms. The highest BCUT2D eigenvalue weighted by atomic mass is 19.1. The van der Waals surface area contributed by atoms with Crippen molar-refractivity contribution in [1.82, 2.24) is 26.0 Å². The Morgan fingerprint density at radius 3 is 2.67 bits per heavy atom. The summed E-state index contributed by atoms with van der Waals surface area (Å²) in [5, 5.41) is 7.45. The zero-order valence-electron chi connectivity index (χ0n) is 18.7. The first kappa shape index (κ1) is 23.1. The second-order valence-electron chi connectivity index (χ2n) is 8.26. The molecule has 3 fully saturated rings. The van der Waals surface area contributed by atoms with Crippen molar-refractivity contribution in [2.45, 2.75) is 13.0 Å². The van der Waals surface area contributed by atoms with E-state index in [2.05, 4.69) is 16.1 Å². The molecule has 0 aromatic heterocycles. The number of hydrogen-bond acceptors (Lipinski definition) is 7. The maximum Gasteiger partial charge on any atom is 0.414 e. The van der Waals surface area contributed by atoms with E-state index in [0.29, 0.717) is 50.6 Å². The highest BCUT2D eigenvalue weighted by molar-refractivity contribution is 5.90. The number of anilines is 2. The Morgan fingerprint density at radius 1 is 1.15 bits per heavy atom. The van der Waals surface area contributed by atoms with Gasteiger partial charge in [-0.2, -0.15) is 0 Å². The maximum atomic E-state index is 15.1. The first-order valence-electron chi connectivity index (χ1n) is 11.2. The highest BCUT2D eigenvalue weighted by Crippen LogP contribution is 2.28. The molecule has 1 atom stereocenters. The number of nitrogens with one attached hydrogen (secondary N) is 3. The lowest BCUT2D eigenvalue weighted by Gasteiger charge is -2.32. The molecule has 3 N–H and O–H groups in total. The molecule has 3 aliphatic heterocycles. The third-order valence-corrected chi connectivity index (χ3v) is 5.93. The van der Waals surface area contributed by atoms with Crippen LogP contribution < -0.4 is 25.9 Å². The van der Waals surface area contributed by atoms with E-state index in [9.17, 15) is 14.4 Å². The second kappa shape index (κ2) is 10.2. The van der Waals surface area contributed by atoms with E-state index >= 15 is 4.39 Å². The van der Waals surface area contributed by atoms with Crippen LogP contribution in [0, 0.1) is 5.82 Å². The fraction of sp³-hybridized carbons (Fsp3) is 0.571. The van der Waals surface area contributed by atoms with Crippen LogP contribution in [0.5, 0.6) is 0 Å². The SMILES string of the molecule is CC(=O)NC[C@H]1CN(c2ccc(N3CCNN(C(=O)N4CCNCC4)CC3)c(F)c2)C(=O)O1. The molecule has 0 spiro atoms. The zero-order chi connectivity index (χ0) is 23.4. The Bertz CT molecular complexity index is 895. The minimum Gasteiger partial charge on any atom is -0.442 e. The molecule has 11 nitrogen and oxygen atoms in total. The summed E-state index contributed by atoms with van der Waals surface area (Å²) in [6.07, 6.45) is -1.06. The van der Waals surface area contributed by atoms with Crippen molar-refractivity contribution >= 4 is 29.4 Å². The predicted octanol–water partition coefficient (Wildman–Crippen LogP) is -0.0612. The van der Waals surface area contributed by atoms with Crippen LogP contribution in [0.15, 0.2) is 18.2 Å². The van der Waals surface area contributed by atoms with Crippen LogP contribution in [0.25, 0.3) is 0 Å². The number of ether oxygens (including phenoxy) is 1. The van der Waals surface area contributed by atoms with E-state index in [0.717, 1.165) is 13.1 Å². The number of amides is 4. The Balaban J connectivity index is 1.37. The Hall–Kier alpha value is -3.12. The summed E-state index contributed by atoms with van der Waals surface area (Å²) in [5.74, 6) is -0.660. The maximum absolute atomic E-state index is 15.1. The normalized spacial score (nSPS) is 21.6. The molecule has 12 heteroatoms. The molecule has 0 radical (unpaired) electrons. The molecule has 0 bridgehead atoms. The van der Waals surface area contributed by atoms with E-state index in [-0.39, 0.29) is 25.0 Å². The lowest BCUT2D eigenvalue weighted by molar-refractivity contribution is -0.119. The number of cyclic esters (lactones) is 1. The van der Waals surface area contributed by atoms with Gasteiger partial charge in [0.15, 0.2) is 0 Å². The van der Waals surface area contributed by atoms with Crippen LogP contribution in [0.3, 0.4) is 0 Å². The Kier molecular flexibility index (Phi) is 7.14. The van der Waals surface area contributed by atoms with Crippen molar-refractivity contribution in [2.24, 2.45) is 0 Å². The van der Waals surface area contributed by atoms with Gasteiger partial charge in [0.2, 0.25) is 5.91 Å². The number of nitrogens with zero attached hydrogens (tertiary/aromatic N) is 4. The topological polar surface area (TPSA) is 109 Å². The zero-order valence-corrected chi connectivity index (χ0v) is 18.7. The minimum absolute atomic E-state index is 0.0597. The molecular weight excluding hydrogens is 433 g/mol. The van der Waals surface area contributed by atoms with Crippen LogP contribution in [0.1, 0.15) is 6.92 Å². The van der Waals surface area contributed by atoms with Gasteiger partial charge in [0.25, 0.3) is 0 Å². The van der Waals surface area contributed by atoms with Crippen LogP contribution in [0.4, 0.5) is 25.4 Å². The van der Waals surface area contributed by atoms with Crippen molar-refractivity contribution in [1.29, 1.82) is 0 Å². The lowest BCUT2D eigenvalue weighted by Crippen LogP contribution is -2.55. The third-order valence-electron chi connectivity index (χ3n) is 5.93. The number of rotatable bonds is 4. The molecule has 4 amide bonds. The van der Waals surface area contributed by atoms with Gasteiger partial charge in [0, 0.05) is 52.7 Å². The van der Waals surface area contributed by atoms with Gasteiger partial charge in [-0.05, 0) is 18.2 Å². The van der Waals surface area contributed by atoms with Gasteiger partial charge >= 0.3 is 12.1 Å². The summed E-state index contributed by atoms with van der Waals surface area (Å²) in [7, 11) is 0. The van der Waals surface area contributed by atoms with Crippen molar-refractivity contribution in [3.05, 3.63) is 24.0 Å². The first-order chi connectivity index (χ1) is 15.9. The molecule has 3 heterocycles. The second-order valence-corrected chi connectivity index (χ2v) is 8.26. The van der Waals surface area contributed by atoms with E-state index in [4.69, 9.17) is 4.74 Å². The largest absolute Gasteiger partial charge is 0.442 e. The molecular formula is C21H30FN7O4. The van der Waals surface area contributed by atoms with Gasteiger partial charge in [-0.3, -0.25) is 14.7 Å². The molecule has 3 saturated heterocycles. The van der Waals surface area contributed by atoms with E-state index in [1.807, 2.05) is 9.80 Å². The standard InChI is InChI=1S/C21H30FN7O4/c1-15(30)24-13-17-14-28(21(32)33-17)16-2-3-19(18(22)12-16)26-9-6-25-29(11-10-26)20(31)27-7-4-23-5-8-27/h2-3,12,17,23,25H,4-11,13-14H2,1H3,(H,24,30)/t17-/m0/s1. The van der Waals surface area contributed by atoms with Crippen LogP contribution in [-0.4, -0.2) is 99.5 Å². The smallest absolute Gasteiger partial charge is 0.414 e. The monoisotopic (exact) mass is 463 g/mol. The number of carbonyl (C=O) groups excluding carboxylic acids is 3. The summed E-state index contributed by atoms with van der Waals surface area (Å²) in [6, 6.07) is 4.59. The van der Waals surface area contributed by atoms with Crippen LogP contribution >= 0.6 is 0 Å². The van der Waals surface area contributed by atoms with Crippen LogP contribution in [0.2, 0.25) is 0 Å². The summed E-state index contributed by atoms with van der Waals surface area (Å²) in [6.45, 7) is 6.66. The van der Waals surface area contributed by atoms with Gasteiger partial charge in [-0.25, -0.2) is 19.4 Å². The summed E-state index contributed by atoms with van der Waals surface area (Å²) in [5.41, 5.74) is 3.96. The summed E-state index contributed by atoms with van der Waals surface area (Å²) < 4.78 is 20.3. The predicted molar refractivity (Wildman–Crippen MR) is 119 cm³/mol. The first-order valence-corrected chi connectivity index (χ1v) is 11.2. The number of urea groups is 1. The fourth-order valence-corrected chi connectivity index (χ4v) is 4.18. The molecule has 0 aliphatic carbocycles.